The predicted octanol–water partition coefficient (Wildman–Crippen LogP) is 1.53. The van der Waals surface area contributed by atoms with E-state index < -0.39 is 5.97 Å². The summed E-state index contributed by atoms with van der Waals surface area (Å²) in [6.45, 7) is 1.43. The lowest BCUT2D eigenvalue weighted by Gasteiger charge is -2.17. The number of carbonyl (C=O) groups excluding carboxylic acids is 1. The summed E-state index contributed by atoms with van der Waals surface area (Å²) in [7, 11) is 1.95. The predicted molar refractivity (Wildman–Crippen MR) is 80.4 cm³/mol. The van der Waals surface area contributed by atoms with Crippen LogP contribution in [0.25, 0.3) is 0 Å². The van der Waals surface area contributed by atoms with Crippen LogP contribution in [-0.4, -0.2) is 48.1 Å². The Hall–Kier alpha value is -1.88. The molecule has 2 N–H and O–H groups in total. The Morgan fingerprint density at radius 2 is 2.00 bits per heavy atom. The number of nitrogens with zero attached hydrogens (tertiary/aromatic N) is 1. The summed E-state index contributed by atoms with van der Waals surface area (Å²) in [6.07, 6.45) is 3.37. The van der Waals surface area contributed by atoms with Gasteiger partial charge in [-0.15, -0.1) is 0 Å². The molecule has 1 aliphatic carbocycles. The molecule has 2 rings (SSSR count). The Bertz CT molecular complexity index is 512. The number of likely N-dealkylation sites (N-methyl/N-ethyl adjacent to an activating group) is 1. The third-order valence-corrected chi connectivity index (χ3v) is 3.67. The minimum Gasteiger partial charge on any atom is -0.478 e. The van der Waals surface area contributed by atoms with Crippen molar-refractivity contribution in [1.82, 2.24) is 10.2 Å². The number of carboxylic acids is 1. The number of carboxylic acid groups (broad SMARTS) is 1. The third-order valence-electron chi connectivity index (χ3n) is 3.67. The van der Waals surface area contributed by atoms with Crippen molar-refractivity contribution in [3.63, 3.8) is 0 Å². The van der Waals surface area contributed by atoms with Gasteiger partial charge in [-0.1, -0.05) is 18.2 Å². The van der Waals surface area contributed by atoms with Crippen LogP contribution < -0.4 is 5.32 Å². The van der Waals surface area contributed by atoms with Gasteiger partial charge >= 0.3 is 5.97 Å². The summed E-state index contributed by atoms with van der Waals surface area (Å²) in [5.41, 5.74) is 1.19. The molecule has 1 saturated carbocycles. The minimum atomic E-state index is -0.892. The molecule has 5 nitrogen and oxygen atoms in total. The second-order valence-corrected chi connectivity index (χ2v) is 5.61. The van der Waals surface area contributed by atoms with Crippen LogP contribution in [0.1, 0.15) is 35.2 Å². The van der Waals surface area contributed by atoms with Gasteiger partial charge in [0, 0.05) is 25.6 Å². The van der Waals surface area contributed by atoms with E-state index in [0.29, 0.717) is 31.0 Å². The minimum absolute atomic E-state index is 0.107. The molecule has 0 bridgehead atoms. The average molecular weight is 290 g/mol. The number of nitrogens with one attached hydrogen (secondary N) is 1. The van der Waals surface area contributed by atoms with Crippen LogP contribution >= 0.6 is 0 Å². The van der Waals surface area contributed by atoms with Crippen LogP contribution in [0, 0.1) is 0 Å². The van der Waals surface area contributed by atoms with E-state index in [9.17, 15) is 9.59 Å². The zero-order valence-electron chi connectivity index (χ0n) is 12.3. The Kier molecular flexibility index (Phi) is 5.33. The molecular weight excluding hydrogens is 268 g/mol. The second-order valence-electron chi connectivity index (χ2n) is 5.61. The number of amides is 1. The maximum atomic E-state index is 11.6. The molecule has 0 saturated heterocycles. The van der Waals surface area contributed by atoms with Gasteiger partial charge in [0.25, 0.3) is 0 Å². The number of benzene rings is 1. The van der Waals surface area contributed by atoms with Crippen LogP contribution in [0.2, 0.25) is 0 Å². The fourth-order valence-corrected chi connectivity index (χ4v) is 2.19. The molecule has 1 aromatic carbocycles. The van der Waals surface area contributed by atoms with Gasteiger partial charge < -0.3 is 15.3 Å². The Balaban J connectivity index is 1.74. The zero-order valence-corrected chi connectivity index (χ0v) is 12.3. The molecule has 1 aromatic rings. The number of aromatic carboxylic acids is 1. The van der Waals surface area contributed by atoms with E-state index in [2.05, 4.69) is 10.2 Å². The first-order valence-electron chi connectivity index (χ1n) is 7.35. The van der Waals surface area contributed by atoms with Gasteiger partial charge in [0.1, 0.15) is 0 Å². The molecule has 0 heterocycles. The highest BCUT2D eigenvalue weighted by Crippen LogP contribution is 2.18. The quantitative estimate of drug-likeness (QED) is 0.762. The second kappa shape index (κ2) is 7.22. The van der Waals surface area contributed by atoms with Crippen LogP contribution in [0.4, 0.5) is 0 Å². The molecule has 0 atom stereocenters. The van der Waals surface area contributed by atoms with E-state index in [1.807, 2.05) is 19.2 Å². The van der Waals surface area contributed by atoms with Crippen LogP contribution in [0.3, 0.4) is 0 Å². The number of hydrogen-bond acceptors (Lipinski definition) is 3. The summed E-state index contributed by atoms with van der Waals surface area (Å²) in [4.78, 5) is 24.8. The lowest BCUT2D eigenvalue weighted by molar-refractivity contribution is -0.121. The highest BCUT2D eigenvalue weighted by atomic mass is 16.4. The molecule has 1 aliphatic rings. The van der Waals surface area contributed by atoms with E-state index in [0.717, 1.165) is 24.9 Å². The molecule has 5 heteroatoms. The Morgan fingerprint density at radius 1 is 1.29 bits per heavy atom. The van der Waals surface area contributed by atoms with Crippen molar-refractivity contribution in [2.45, 2.75) is 31.7 Å². The number of hydrogen-bond donors (Lipinski definition) is 2. The van der Waals surface area contributed by atoms with E-state index in [1.165, 1.54) is 0 Å². The van der Waals surface area contributed by atoms with Crippen molar-refractivity contribution in [1.29, 1.82) is 0 Å². The summed E-state index contributed by atoms with van der Waals surface area (Å²) >= 11 is 0. The van der Waals surface area contributed by atoms with Gasteiger partial charge in [-0.25, -0.2) is 4.79 Å². The molecule has 0 aliphatic heterocycles. The molecule has 1 amide bonds. The third kappa shape index (κ3) is 5.19. The van der Waals surface area contributed by atoms with Crippen LogP contribution in [-0.2, 0) is 11.2 Å². The van der Waals surface area contributed by atoms with E-state index >= 15 is 0 Å². The molecule has 0 unspecified atom stereocenters. The largest absolute Gasteiger partial charge is 0.478 e. The smallest absolute Gasteiger partial charge is 0.335 e. The molecule has 21 heavy (non-hydrogen) atoms. The Morgan fingerprint density at radius 3 is 2.67 bits per heavy atom. The normalized spacial score (nSPS) is 14.2. The molecule has 1 fully saturated rings. The van der Waals surface area contributed by atoms with E-state index in [-0.39, 0.29) is 5.91 Å². The summed E-state index contributed by atoms with van der Waals surface area (Å²) in [6, 6.07) is 7.46. The molecular formula is C16H22N2O3. The maximum Gasteiger partial charge on any atom is 0.335 e. The summed E-state index contributed by atoms with van der Waals surface area (Å²) in [5, 5.41) is 12.1. The first kappa shape index (κ1) is 15.5. The fourth-order valence-electron chi connectivity index (χ4n) is 2.19. The Labute approximate surface area is 125 Å². The van der Waals surface area contributed by atoms with Gasteiger partial charge in [0.2, 0.25) is 5.91 Å². The van der Waals surface area contributed by atoms with Crippen LogP contribution in [0.15, 0.2) is 24.3 Å². The van der Waals surface area contributed by atoms with E-state index in [4.69, 9.17) is 5.11 Å². The van der Waals surface area contributed by atoms with Crippen molar-refractivity contribution in [3.05, 3.63) is 35.4 Å². The standard InChI is InChI=1S/C16H22N2O3/c1-18(11-9-15(19)17-13-6-7-13)10-8-12-4-2-3-5-14(12)16(20)21/h2-5,13H,6-11H2,1H3,(H,17,19)(H,20,21). The topological polar surface area (TPSA) is 69.6 Å². The van der Waals surface area contributed by atoms with Gasteiger partial charge in [-0.05, 0) is 37.9 Å². The zero-order chi connectivity index (χ0) is 15.2. The molecule has 0 spiro atoms. The maximum absolute atomic E-state index is 11.6. The first-order valence-corrected chi connectivity index (χ1v) is 7.35. The average Bonchev–Trinajstić information content (AvgIpc) is 3.27. The van der Waals surface area contributed by atoms with Crippen LogP contribution in [0.5, 0.6) is 0 Å². The van der Waals surface area contributed by atoms with Gasteiger partial charge in [0.05, 0.1) is 5.56 Å². The SMILES string of the molecule is CN(CCC(=O)NC1CC1)CCc1ccccc1C(=O)O. The van der Waals surface area contributed by atoms with Gasteiger partial charge in [0.15, 0.2) is 0 Å². The molecule has 0 aromatic heterocycles. The lowest BCUT2D eigenvalue weighted by atomic mass is 10.0. The van der Waals surface area contributed by atoms with Gasteiger partial charge in [-0.2, -0.15) is 0 Å². The lowest BCUT2D eigenvalue weighted by Crippen LogP contribution is -2.31. The summed E-state index contributed by atoms with van der Waals surface area (Å²) in [5.74, 6) is -0.785. The van der Waals surface area contributed by atoms with Gasteiger partial charge in [-0.3, -0.25) is 4.79 Å². The summed E-state index contributed by atoms with van der Waals surface area (Å²) < 4.78 is 0. The van der Waals surface area contributed by atoms with Crippen molar-refractivity contribution >= 4 is 11.9 Å². The van der Waals surface area contributed by atoms with Crippen molar-refractivity contribution in [2.24, 2.45) is 0 Å². The van der Waals surface area contributed by atoms with Crippen molar-refractivity contribution < 1.29 is 14.7 Å². The number of rotatable bonds is 8. The highest BCUT2D eigenvalue weighted by Gasteiger charge is 2.22. The highest BCUT2D eigenvalue weighted by molar-refractivity contribution is 5.89. The monoisotopic (exact) mass is 290 g/mol. The van der Waals surface area contributed by atoms with Crippen molar-refractivity contribution in [3.8, 4) is 0 Å². The molecule has 114 valence electrons. The van der Waals surface area contributed by atoms with Crippen molar-refractivity contribution in [2.75, 3.05) is 20.1 Å². The fraction of sp³-hybridized carbons (Fsp3) is 0.500. The first-order chi connectivity index (χ1) is 10.1. The molecule has 0 radical (unpaired) electrons. The van der Waals surface area contributed by atoms with E-state index in [1.54, 1.807) is 12.1 Å². The number of carbonyl (C=O) groups is 2.